The summed E-state index contributed by atoms with van der Waals surface area (Å²) in [6.07, 6.45) is 10.8. The summed E-state index contributed by atoms with van der Waals surface area (Å²) in [5.41, 5.74) is -1.07. The van der Waals surface area contributed by atoms with Crippen molar-refractivity contribution in [1.82, 2.24) is 0 Å². The highest BCUT2D eigenvalue weighted by atomic mass is 16.5. The molecule has 2 N–H and O–H groups in total. The Balaban J connectivity index is 1.51. The van der Waals surface area contributed by atoms with Gasteiger partial charge in [0.15, 0.2) is 0 Å². The average molecular weight is 463 g/mol. The number of ether oxygens (including phenoxy) is 1. The zero-order valence-electron chi connectivity index (χ0n) is 22.1. The van der Waals surface area contributed by atoms with Crippen LogP contribution in [0.15, 0.2) is 0 Å². The van der Waals surface area contributed by atoms with E-state index in [4.69, 9.17) is 4.74 Å². The molecule has 4 nitrogen and oxygen atoms in total. The van der Waals surface area contributed by atoms with E-state index < -0.39 is 11.7 Å². The van der Waals surface area contributed by atoms with E-state index in [-0.39, 0.29) is 17.5 Å². The maximum Gasteiger partial charge on any atom is 0.302 e. The third-order valence-electron chi connectivity index (χ3n) is 11.3. The Kier molecular flexibility index (Phi) is 7.04. The van der Waals surface area contributed by atoms with Crippen molar-refractivity contribution in [3.05, 3.63) is 0 Å². The topological polar surface area (TPSA) is 66.8 Å². The minimum atomic E-state index is -1.15. The Bertz CT molecular complexity index is 720. The van der Waals surface area contributed by atoms with E-state index >= 15 is 0 Å². The molecule has 4 heteroatoms. The van der Waals surface area contributed by atoms with Gasteiger partial charge in [-0.2, -0.15) is 0 Å². The van der Waals surface area contributed by atoms with Crippen LogP contribution in [0.25, 0.3) is 0 Å². The standard InChI is InChI=1S/C29H50O4/c1-18(2)8-7-9-19(3)23-10-11-24-22-16-26(31)29(32)17-21(33-20(4)30)12-15-28(29,6)25(22)13-14-27(23,24)5/h18-19,21-26,31-32H,7-17H2,1-6H3/t19-,21+,22+,23-,24-,25+,26-,27-,28-,29-/m1/s1. The molecule has 0 bridgehead atoms. The van der Waals surface area contributed by atoms with E-state index in [1.54, 1.807) is 0 Å². The fraction of sp³-hybridized carbons (Fsp3) is 0.966. The van der Waals surface area contributed by atoms with Crippen molar-refractivity contribution in [3.8, 4) is 0 Å². The van der Waals surface area contributed by atoms with Crippen molar-refractivity contribution < 1.29 is 19.7 Å². The van der Waals surface area contributed by atoms with Crippen LogP contribution in [-0.2, 0) is 9.53 Å². The fourth-order valence-corrected chi connectivity index (χ4v) is 9.60. The molecular weight excluding hydrogens is 412 g/mol. The average Bonchev–Trinajstić information content (AvgIpc) is 3.07. The minimum Gasteiger partial charge on any atom is -0.462 e. The van der Waals surface area contributed by atoms with Gasteiger partial charge in [0.05, 0.1) is 11.7 Å². The molecule has 0 amide bonds. The molecule has 190 valence electrons. The van der Waals surface area contributed by atoms with Gasteiger partial charge in [0.1, 0.15) is 6.10 Å². The summed E-state index contributed by atoms with van der Waals surface area (Å²) in [5.74, 6) is 3.69. The molecule has 0 unspecified atom stereocenters. The first-order valence-corrected chi connectivity index (χ1v) is 14.0. The van der Waals surface area contributed by atoms with E-state index in [1.807, 2.05) is 0 Å². The largest absolute Gasteiger partial charge is 0.462 e. The molecule has 0 aromatic carbocycles. The quantitative estimate of drug-likeness (QED) is 0.466. The first kappa shape index (κ1) is 25.5. The number of rotatable bonds is 6. The molecule has 0 saturated heterocycles. The van der Waals surface area contributed by atoms with Gasteiger partial charge < -0.3 is 14.9 Å². The normalized spacial score (nSPS) is 48.0. The molecule has 0 radical (unpaired) electrons. The summed E-state index contributed by atoms with van der Waals surface area (Å²) in [6, 6.07) is 0. The number of esters is 1. The lowest BCUT2D eigenvalue weighted by molar-refractivity contribution is -0.266. The van der Waals surface area contributed by atoms with Gasteiger partial charge in [-0.25, -0.2) is 0 Å². The number of fused-ring (bicyclic) bond motifs is 5. The van der Waals surface area contributed by atoms with Crippen molar-refractivity contribution in [1.29, 1.82) is 0 Å². The molecule has 0 heterocycles. The predicted octanol–water partition coefficient (Wildman–Crippen LogP) is 6.13. The Morgan fingerprint density at radius 2 is 1.76 bits per heavy atom. The number of carbonyl (C=O) groups excluding carboxylic acids is 1. The lowest BCUT2D eigenvalue weighted by Gasteiger charge is -2.65. The number of aliphatic hydroxyl groups excluding tert-OH is 1. The summed E-state index contributed by atoms with van der Waals surface area (Å²) < 4.78 is 5.50. The van der Waals surface area contributed by atoms with Gasteiger partial charge in [0.2, 0.25) is 0 Å². The van der Waals surface area contributed by atoms with Crippen LogP contribution in [0.1, 0.15) is 112 Å². The van der Waals surface area contributed by atoms with Gasteiger partial charge in [-0.05, 0) is 85.9 Å². The Labute approximate surface area is 202 Å². The molecule has 33 heavy (non-hydrogen) atoms. The van der Waals surface area contributed by atoms with Gasteiger partial charge in [0.25, 0.3) is 0 Å². The summed E-state index contributed by atoms with van der Waals surface area (Å²) in [4.78, 5) is 11.5. The van der Waals surface area contributed by atoms with E-state index in [0.717, 1.165) is 37.0 Å². The molecule has 0 spiro atoms. The molecule has 4 fully saturated rings. The highest BCUT2D eigenvalue weighted by Crippen LogP contribution is 2.69. The van der Waals surface area contributed by atoms with E-state index in [9.17, 15) is 15.0 Å². The molecule has 4 aliphatic carbocycles. The second-order valence-corrected chi connectivity index (χ2v) is 13.5. The summed E-state index contributed by atoms with van der Waals surface area (Å²) in [5, 5.41) is 23.3. The second kappa shape index (κ2) is 9.12. The Morgan fingerprint density at radius 3 is 2.42 bits per heavy atom. The van der Waals surface area contributed by atoms with Crippen LogP contribution < -0.4 is 0 Å². The molecule has 4 aliphatic rings. The molecule has 0 aromatic rings. The predicted molar refractivity (Wildman–Crippen MR) is 131 cm³/mol. The van der Waals surface area contributed by atoms with Crippen LogP contribution in [0, 0.1) is 46.3 Å². The smallest absolute Gasteiger partial charge is 0.302 e. The van der Waals surface area contributed by atoms with Crippen molar-refractivity contribution in [2.45, 2.75) is 130 Å². The third-order valence-corrected chi connectivity index (χ3v) is 11.3. The van der Waals surface area contributed by atoms with Crippen molar-refractivity contribution in [2.24, 2.45) is 46.3 Å². The minimum absolute atomic E-state index is 0.275. The SMILES string of the molecule is CC(=O)O[C@H]1CC[C@]2(C)[C@H]3CC[C@@]4(C)[C@H](CC[C@@H]4[C@H](C)CCCC(C)C)[C@@H]3C[C@@H](O)[C@]2(O)C1. The maximum atomic E-state index is 11.9. The van der Waals surface area contributed by atoms with Crippen molar-refractivity contribution in [3.63, 3.8) is 0 Å². The van der Waals surface area contributed by atoms with Crippen LogP contribution in [0.5, 0.6) is 0 Å². The molecule has 4 saturated carbocycles. The second-order valence-electron chi connectivity index (χ2n) is 13.5. The molecule has 4 rings (SSSR count). The number of aliphatic hydroxyl groups is 2. The summed E-state index contributed by atoms with van der Waals surface area (Å²) in [7, 11) is 0. The van der Waals surface area contributed by atoms with Gasteiger partial charge in [-0.3, -0.25) is 4.79 Å². The fourth-order valence-electron chi connectivity index (χ4n) is 9.60. The third kappa shape index (κ3) is 4.20. The number of carbonyl (C=O) groups is 1. The summed E-state index contributed by atoms with van der Waals surface area (Å²) in [6.45, 7) is 13.4. The van der Waals surface area contributed by atoms with E-state index in [1.165, 1.54) is 45.4 Å². The van der Waals surface area contributed by atoms with Gasteiger partial charge in [-0.15, -0.1) is 0 Å². The lowest BCUT2D eigenvalue weighted by atomic mass is 9.42. The van der Waals surface area contributed by atoms with Crippen LogP contribution >= 0.6 is 0 Å². The number of hydrogen-bond acceptors (Lipinski definition) is 4. The van der Waals surface area contributed by atoms with Gasteiger partial charge in [-0.1, -0.05) is 53.9 Å². The highest BCUT2D eigenvalue weighted by Gasteiger charge is 2.67. The van der Waals surface area contributed by atoms with Gasteiger partial charge >= 0.3 is 5.97 Å². The van der Waals surface area contributed by atoms with Crippen LogP contribution in [0.4, 0.5) is 0 Å². The summed E-state index contributed by atoms with van der Waals surface area (Å²) >= 11 is 0. The van der Waals surface area contributed by atoms with E-state index in [2.05, 4.69) is 34.6 Å². The molecule has 0 aromatic heterocycles. The van der Waals surface area contributed by atoms with Crippen LogP contribution in [0.3, 0.4) is 0 Å². The molecule has 10 atom stereocenters. The molecule has 0 aliphatic heterocycles. The zero-order valence-corrected chi connectivity index (χ0v) is 22.1. The van der Waals surface area contributed by atoms with Crippen LogP contribution in [-0.4, -0.2) is 34.0 Å². The van der Waals surface area contributed by atoms with Gasteiger partial charge in [0, 0.05) is 18.8 Å². The Morgan fingerprint density at radius 1 is 1.03 bits per heavy atom. The highest BCUT2D eigenvalue weighted by molar-refractivity contribution is 5.66. The maximum absolute atomic E-state index is 11.9. The first-order chi connectivity index (χ1) is 15.4. The van der Waals surface area contributed by atoms with Crippen molar-refractivity contribution in [2.75, 3.05) is 0 Å². The zero-order chi connectivity index (χ0) is 24.2. The monoisotopic (exact) mass is 462 g/mol. The van der Waals surface area contributed by atoms with E-state index in [0.29, 0.717) is 36.0 Å². The lowest BCUT2D eigenvalue weighted by Crippen LogP contribution is -2.68. The first-order valence-electron chi connectivity index (χ1n) is 14.0. The van der Waals surface area contributed by atoms with Crippen LogP contribution in [0.2, 0.25) is 0 Å². The number of hydrogen-bond donors (Lipinski definition) is 2. The Hall–Kier alpha value is -0.610. The molecular formula is C29H50O4. The van der Waals surface area contributed by atoms with Crippen molar-refractivity contribution >= 4 is 5.97 Å².